The number of methoxy groups -OCH3 is 1. The molecule has 0 aliphatic heterocycles. The third-order valence-corrected chi connectivity index (χ3v) is 4.82. The molecule has 0 aliphatic rings. The molecule has 0 N–H and O–H groups in total. The number of amides is 1. The molecule has 2 heterocycles. The maximum Gasteiger partial charge on any atom is 0.227 e. The monoisotopic (exact) mass is 371 g/mol. The minimum Gasteiger partial charge on any atom is -0.496 e. The van der Waals surface area contributed by atoms with E-state index in [4.69, 9.17) is 9.26 Å². The molecule has 7 heteroatoms. The summed E-state index contributed by atoms with van der Waals surface area (Å²) in [7, 11) is 1.64. The second-order valence-corrected chi connectivity index (χ2v) is 6.91. The topological polar surface area (TPSA) is 68.5 Å². The van der Waals surface area contributed by atoms with Gasteiger partial charge in [-0.25, -0.2) is 0 Å². The van der Waals surface area contributed by atoms with Gasteiger partial charge in [0.1, 0.15) is 5.75 Å². The number of nitrogens with zero attached hydrogens (tertiary/aromatic N) is 3. The molecule has 0 radical (unpaired) electrons. The first-order valence-electron chi connectivity index (χ1n) is 8.37. The van der Waals surface area contributed by atoms with Crippen LogP contribution in [0.15, 0.2) is 46.3 Å². The minimum atomic E-state index is 0.0418. The van der Waals surface area contributed by atoms with Crippen molar-refractivity contribution < 1.29 is 14.1 Å². The first-order chi connectivity index (χ1) is 12.7. The summed E-state index contributed by atoms with van der Waals surface area (Å²) in [6, 6.07) is 11.8. The van der Waals surface area contributed by atoms with Crippen LogP contribution in [0.1, 0.15) is 28.6 Å². The molecule has 0 atom stereocenters. The molecule has 0 spiro atoms. The molecule has 1 aromatic carbocycles. The average molecular weight is 371 g/mol. The van der Waals surface area contributed by atoms with Crippen LogP contribution >= 0.6 is 11.3 Å². The summed E-state index contributed by atoms with van der Waals surface area (Å²) in [4.78, 5) is 20.0. The number of aromatic nitrogens is 2. The first kappa shape index (κ1) is 18.1. The van der Waals surface area contributed by atoms with Crippen LogP contribution in [0.2, 0.25) is 0 Å². The molecule has 0 aliphatic carbocycles. The third-order valence-electron chi connectivity index (χ3n) is 3.96. The molecule has 26 heavy (non-hydrogen) atoms. The second-order valence-electron chi connectivity index (χ2n) is 5.88. The molecule has 0 saturated carbocycles. The maximum atomic E-state index is 12.9. The van der Waals surface area contributed by atoms with Crippen molar-refractivity contribution in [2.45, 2.75) is 32.9 Å². The Morgan fingerprint density at radius 1 is 1.23 bits per heavy atom. The highest BCUT2D eigenvalue weighted by Gasteiger charge is 2.18. The number of carbonyl (C=O) groups excluding carboxylic acids is 1. The van der Waals surface area contributed by atoms with Crippen molar-refractivity contribution in [2.24, 2.45) is 0 Å². The zero-order valence-electron chi connectivity index (χ0n) is 14.8. The highest BCUT2D eigenvalue weighted by atomic mass is 32.1. The highest BCUT2D eigenvalue weighted by molar-refractivity contribution is 7.09. The van der Waals surface area contributed by atoms with Gasteiger partial charge in [0, 0.05) is 29.8 Å². The Morgan fingerprint density at radius 3 is 2.77 bits per heavy atom. The van der Waals surface area contributed by atoms with E-state index in [1.54, 1.807) is 25.4 Å². The van der Waals surface area contributed by atoms with Gasteiger partial charge in [0.15, 0.2) is 5.82 Å². The summed E-state index contributed by atoms with van der Waals surface area (Å²) in [5, 5.41) is 5.78. The summed E-state index contributed by atoms with van der Waals surface area (Å²) in [6.45, 7) is 2.82. The van der Waals surface area contributed by atoms with Crippen molar-refractivity contribution in [1.29, 1.82) is 0 Å². The lowest BCUT2D eigenvalue weighted by atomic mass is 10.1. The predicted octanol–water partition coefficient (Wildman–Crippen LogP) is 3.61. The summed E-state index contributed by atoms with van der Waals surface area (Å²) in [6.07, 6.45) is 0.759. The number of para-hydroxylation sites is 1. The number of carbonyl (C=O) groups is 1. The fourth-order valence-corrected chi connectivity index (χ4v) is 3.40. The number of ether oxygens (including phenoxy) is 1. The summed E-state index contributed by atoms with van der Waals surface area (Å²) in [5.74, 6) is 1.89. The fourth-order valence-electron chi connectivity index (χ4n) is 2.68. The molecular weight excluding hydrogens is 350 g/mol. The van der Waals surface area contributed by atoms with Gasteiger partial charge >= 0.3 is 0 Å². The number of benzene rings is 1. The van der Waals surface area contributed by atoms with Crippen LogP contribution in [-0.2, 0) is 24.3 Å². The largest absolute Gasteiger partial charge is 0.496 e. The zero-order valence-corrected chi connectivity index (χ0v) is 15.7. The van der Waals surface area contributed by atoms with Crippen molar-refractivity contribution >= 4 is 17.2 Å². The number of hydrogen-bond acceptors (Lipinski definition) is 6. The van der Waals surface area contributed by atoms with Gasteiger partial charge in [-0.1, -0.05) is 29.4 Å². The van der Waals surface area contributed by atoms with E-state index in [1.807, 2.05) is 46.7 Å². The molecule has 0 bridgehead atoms. The van der Waals surface area contributed by atoms with E-state index >= 15 is 0 Å². The van der Waals surface area contributed by atoms with Gasteiger partial charge in [-0.2, -0.15) is 4.98 Å². The van der Waals surface area contributed by atoms with Gasteiger partial charge in [0.2, 0.25) is 11.8 Å². The van der Waals surface area contributed by atoms with Crippen LogP contribution < -0.4 is 4.74 Å². The van der Waals surface area contributed by atoms with E-state index in [-0.39, 0.29) is 5.91 Å². The maximum absolute atomic E-state index is 12.9. The number of rotatable bonds is 8. The quantitative estimate of drug-likeness (QED) is 0.605. The first-order valence-corrected chi connectivity index (χ1v) is 9.25. The Balaban J connectivity index is 1.72. The standard InChI is InChI=1S/C19H21N3O3S/c1-14-20-18(25-21-14)9-10-19(23)22(13-16-7-5-11-26-16)12-15-6-3-4-8-17(15)24-2/h3-8,11H,9-10,12-13H2,1-2H3. The number of hydrogen-bond donors (Lipinski definition) is 0. The fraction of sp³-hybridized carbons (Fsp3) is 0.316. The summed E-state index contributed by atoms with van der Waals surface area (Å²) in [5.41, 5.74) is 0.980. The van der Waals surface area contributed by atoms with Crippen LogP contribution in [0.3, 0.4) is 0 Å². The molecule has 3 aromatic rings. The van der Waals surface area contributed by atoms with Gasteiger partial charge in [0.05, 0.1) is 13.7 Å². The van der Waals surface area contributed by atoms with E-state index < -0.39 is 0 Å². The van der Waals surface area contributed by atoms with Crippen molar-refractivity contribution in [3.8, 4) is 5.75 Å². The lowest BCUT2D eigenvalue weighted by Gasteiger charge is -2.23. The van der Waals surface area contributed by atoms with E-state index in [9.17, 15) is 4.79 Å². The Morgan fingerprint density at radius 2 is 2.08 bits per heavy atom. The molecule has 0 unspecified atom stereocenters. The lowest BCUT2D eigenvalue weighted by molar-refractivity contribution is -0.132. The molecule has 3 rings (SSSR count). The van der Waals surface area contributed by atoms with Crippen molar-refractivity contribution in [3.05, 3.63) is 63.9 Å². The zero-order chi connectivity index (χ0) is 18.4. The number of thiophene rings is 1. The van der Waals surface area contributed by atoms with Crippen LogP contribution in [0.4, 0.5) is 0 Å². The normalized spacial score (nSPS) is 10.7. The van der Waals surface area contributed by atoms with E-state index in [1.165, 1.54) is 0 Å². The van der Waals surface area contributed by atoms with Crippen LogP contribution in [0.25, 0.3) is 0 Å². The van der Waals surface area contributed by atoms with E-state index in [0.29, 0.717) is 37.6 Å². The predicted molar refractivity (Wildman–Crippen MR) is 98.9 cm³/mol. The van der Waals surface area contributed by atoms with Crippen molar-refractivity contribution in [3.63, 3.8) is 0 Å². The van der Waals surface area contributed by atoms with Crippen molar-refractivity contribution in [1.82, 2.24) is 15.0 Å². The van der Waals surface area contributed by atoms with Crippen LogP contribution in [-0.4, -0.2) is 28.1 Å². The molecule has 2 aromatic heterocycles. The van der Waals surface area contributed by atoms with Gasteiger partial charge < -0.3 is 14.2 Å². The molecule has 1 amide bonds. The van der Waals surface area contributed by atoms with Crippen LogP contribution in [0.5, 0.6) is 5.75 Å². The third kappa shape index (κ3) is 4.70. The Kier molecular flexibility index (Phi) is 6.01. The Labute approximate surface area is 156 Å². The van der Waals surface area contributed by atoms with Gasteiger partial charge in [0.25, 0.3) is 0 Å². The second kappa shape index (κ2) is 8.62. The van der Waals surface area contributed by atoms with Crippen LogP contribution in [0, 0.1) is 6.92 Å². The molecular formula is C19H21N3O3S. The molecule has 6 nitrogen and oxygen atoms in total. The van der Waals surface area contributed by atoms with E-state index in [2.05, 4.69) is 10.1 Å². The lowest BCUT2D eigenvalue weighted by Crippen LogP contribution is -2.30. The minimum absolute atomic E-state index is 0.0418. The summed E-state index contributed by atoms with van der Waals surface area (Å²) >= 11 is 1.64. The summed E-state index contributed by atoms with van der Waals surface area (Å²) < 4.78 is 10.5. The molecule has 0 saturated heterocycles. The molecule has 0 fully saturated rings. The van der Waals surface area contributed by atoms with Gasteiger partial charge in [-0.15, -0.1) is 11.3 Å². The molecule has 136 valence electrons. The van der Waals surface area contributed by atoms with Gasteiger partial charge in [-0.3, -0.25) is 4.79 Å². The Hall–Kier alpha value is -2.67. The number of aryl methyl sites for hydroxylation is 2. The average Bonchev–Trinajstić information content (AvgIpc) is 3.31. The smallest absolute Gasteiger partial charge is 0.227 e. The van der Waals surface area contributed by atoms with Gasteiger partial charge in [-0.05, 0) is 24.4 Å². The van der Waals surface area contributed by atoms with E-state index in [0.717, 1.165) is 16.2 Å². The SMILES string of the molecule is COc1ccccc1CN(Cc1cccs1)C(=O)CCc1nc(C)no1. The highest BCUT2D eigenvalue weighted by Crippen LogP contribution is 2.22. The Bertz CT molecular complexity index is 845. The van der Waals surface area contributed by atoms with Crippen molar-refractivity contribution in [2.75, 3.05) is 7.11 Å².